The van der Waals surface area contributed by atoms with E-state index in [0.717, 1.165) is 17.8 Å². The summed E-state index contributed by atoms with van der Waals surface area (Å²) in [5, 5.41) is 0. The second kappa shape index (κ2) is 5.58. The lowest BCUT2D eigenvalue weighted by Gasteiger charge is -2.04. The Bertz CT molecular complexity index is 492. The molecule has 0 aliphatic carbocycles. The van der Waals surface area contributed by atoms with Crippen LogP contribution in [-0.2, 0) is 6.42 Å². The Morgan fingerprint density at radius 2 is 1.71 bits per heavy atom. The second-order valence-corrected chi connectivity index (χ2v) is 4.37. The van der Waals surface area contributed by atoms with E-state index in [1.165, 1.54) is 24.0 Å². The maximum absolute atomic E-state index is 4.40. The minimum atomic E-state index is 0.961. The predicted molar refractivity (Wildman–Crippen MR) is 70.8 cm³/mol. The molecule has 2 aromatic heterocycles. The fourth-order valence-corrected chi connectivity index (χ4v) is 1.83. The summed E-state index contributed by atoms with van der Waals surface area (Å²) >= 11 is 0. The molecule has 0 saturated heterocycles. The molecule has 0 fully saturated rings. The molecule has 0 unspecified atom stereocenters. The molecule has 0 saturated carbocycles. The Kier molecular flexibility index (Phi) is 3.86. The average molecular weight is 226 g/mol. The van der Waals surface area contributed by atoms with Gasteiger partial charge in [-0.05, 0) is 55.2 Å². The summed E-state index contributed by atoms with van der Waals surface area (Å²) in [7, 11) is 0. The van der Waals surface area contributed by atoms with Crippen molar-refractivity contribution in [3.05, 3.63) is 47.8 Å². The summed E-state index contributed by atoms with van der Waals surface area (Å²) in [6.07, 6.45) is 7.29. The summed E-state index contributed by atoms with van der Waals surface area (Å²) in [4.78, 5) is 8.77. The van der Waals surface area contributed by atoms with Crippen LogP contribution in [0.2, 0.25) is 0 Å². The first-order valence-electron chi connectivity index (χ1n) is 6.17. The van der Waals surface area contributed by atoms with Crippen LogP contribution in [0.4, 0.5) is 0 Å². The van der Waals surface area contributed by atoms with E-state index in [-0.39, 0.29) is 0 Å². The zero-order valence-electron chi connectivity index (χ0n) is 10.5. The number of aryl methyl sites for hydroxylation is 2. The van der Waals surface area contributed by atoms with Crippen LogP contribution in [0.15, 0.2) is 36.7 Å². The molecule has 0 aromatic carbocycles. The number of hydrogen-bond acceptors (Lipinski definition) is 2. The lowest BCUT2D eigenvalue weighted by Crippen LogP contribution is -1.91. The van der Waals surface area contributed by atoms with E-state index in [1.807, 2.05) is 18.5 Å². The molecule has 0 spiro atoms. The summed E-state index contributed by atoms with van der Waals surface area (Å²) in [6, 6.07) is 8.32. The first-order chi connectivity index (χ1) is 8.29. The second-order valence-electron chi connectivity index (χ2n) is 4.37. The van der Waals surface area contributed by atoms with Crippen LogP contribution in [0.5, 0.6) is 0 Å². The highest BCUT2D eigenvalue weighted by molar-refractivity contribution is 5.55. The van der Waals surface area contributed by atoms with Crippen LogP contribution in [0.3, 0.4) is 0 Å². The maximum atomic E-state index is 4.40. The summed E-state index contributed by atoms with van der Waals surface area (Å²) in [6.45, 7) is 4.29. The third-order valence-corrected chi connectivity index (χ3v) is 2.82. The van der Waals surface area contributed by atoms with E-state index < -0.39 is 0 Å². The SMILES string of the molecule is CCCCc1ccnc(-c2cc(C)ccn2)c1. The van der Waals surface area contributed by atoms with Crippen LogP contribution in [0.25, 0.3) is 11.4 Å². The zero-order valence-corrected chi connectivity index (χ0v) is 10.5. The molecule has 88 valence electrons. The Hall–Kier alpha value is -1.70. The fourth-order valence-electron chi connectivity index (χ4n) is 1.83. The lowest BCUT2D eigenvalue weighted by atomic mass is 10.1. The normalized spacial score (nSPS) is 10.5. The highest BCUT2D eigenvalue weighted by atomic mass is 14.8. The predicted octanol–water partition coefficient (Wildman–Crippen LogP) is 3.79. The molecule has 2 rings (SSSR count). The monoisotopic (exact) mass is 226 g/mol. The Balaban J connectivity index is 2.26. The minimum Gasteiger partial charge on any atom is -0.255 e. The quantitative estimate of drug-likeness (QED) is 0.792. The van der Waals surface area contributed by atoms with E-state index in [4.69, 9.17) is 0 Å². The van der Waals surface area contributed by atoms with Crippen molar-refractivity contribution < 1.29 is 0 Å². The average Bonchev–Trinajstić information content (AvgIpc) is 2.37. The highest BCUT2D eigenvalue weighted by Crippen LogP contribution is 2.17. The van der Waals surface area contributed by atoms with Crippen molar-refractivity contribution in [1.82, 2.24) is 9.97 Å². The number of nitrogens with zero attached hydrogens (tertiary/aromatic N) is 2. The van der Waals surface area contributed by atoms with E-state index in [2.05, 4.69) is 42.0 Å². The molecule has 2 heteroatoms. The minimum absolute atomic E-state index is 0.961. The van der Waals surface area contributed by atoms with Crippen LogP contribution in [0.1, 0.15) is 30.9 Å². The van der Waals surface area contributed by atoms with Crippen LogP contribution < -0.4 is 0 Å². The van der Waals surface area contributed by atoms with Gasteiger partial charge in [0.25, 0.3) is 0 Å². The summed E-state index contributed by atoms with van der Waals surface area (Å²) in [5.41, 5.74) is 4.50. The molecular weight excluding hydrogens is 208 g/mol. The summed E-state index contributed by atoms with van der Waals surface area (Å²) < 4.78 is 0. The van der Waals surface area contributed by atoms with E-state index in [0.29, 0.717) is 0 Å². The van der Waals surface area contributed by atoms with Crippen molar-refractivity contribution in [3.63, 3.8) is 0 Å². The molecule has 0 aliphatic heterocycles. The molecule has 2 heterocycles. The van der Waals surface area contributed by atoms with E-state index >= 15 is 0 Å². The molecule has 0 radical (unpaired) electrons. The molecular formula is C15H18N2. The standard InChI is InChI=1S/C15H18N2/c1-3-4-5-13-7-9-17-15(11-13)14-10-12(2)6-8-16-14/h6-11H,3-5H2,1-2H3. The van der Waals surface area contributed by atoms with Crippen LogP contribution in [-0.4, -0.2) is 9.97 Å². The van der Waals surface area contributed by atoms with Gasteiger partial charge in [-0.2, -0.15) is 0 Å². The third-order valence-electron chi connectivity index (χ3n) is 2.82. The third kappa shape index (κ3) is 3.13. The van der Waals surface area contributed by atoms with Crippen LogP contribution in [0, 0.1) is 6.92 Å². The molecule has 0 amide bonds. The van der Waals surface area contributed by atoms with Crippen LogP contribution >= 0.6 is 0 Å². The topological polar surface area (TPSA) is 25.8 Å². The Morgan fingerprint density at radius 3 is 2.41 bits per heavy atom. The summed E-state index contributed by atoms with van der Waals surface area (Å²) in [5.74, 6) is 0. The molecule has 2 nitrogen and oxygen atoms in total. The molecule has 17 heavy (non-hydrogen) atoms. The zero-order chi connectivity index (χ0) is 12.1. The van der Waals surface area contributed by atoms with Crippen molar-refractivity contribution in [3.8, 4) is 11.4 Å². The van der Waals surface area contributed by atoms with Gasteiger partial charge >= 0.3 is 0 Å². The van der Waals surface area contributed by atoms with Gasteiger partial charge in [0.05, 0.1) is 11.4 Å². The van der Waals surface area contributed by atoms with Gasteiger partial charge in [-0.15, -0.1) is 0 Å². The van der Waals surface area contributed by atoms with Gasteiger partial charge in [-0.1, -0.05) is 13.3 Å². The van der Waals surface area contributed by atoms with Gasteiger partial charge in [0, 0.05) is 12.4 Å². The van der Waals surface area contributed by atoms with Gasteiger partial charge in [-0.3, -0.25) is 9.97 Å². The lowest BCUT2D eigenvalue weighted by molar-refractivity contribution is 0.794. The van der Waals surface area contributed by atoms with Gasteiger partial charge < -0.3 is 0 Å². The highest BCUT2D eigenvalue weighted by Gasteiger charge is 2.02. The number of aromatic nitrogens is 2. The first kappa shape index (κ1) is 11.8. The fraction of sp³-hybridized carbons (Fsp3) is 0.333. The van der Waals surface area contributed by atoms with Gasteiger partial charge in [-0.25, -0.2) is 0 Å². The van der Waals surface area contributed by atoms with Crippen molar-refractivity contribution in [2.24, 2.45) is 0 Å². The van der Waals surface area contributed by atoms with Gasteiger partial charge in [0.1, 0.15) is 0 Å². The molecule has 0 atom stereocenters. The smallest absolute Gasteiger partial charge is 0.0888 e. The van der Waals surface area contributed by atoms with Crippen molar-refractivity contribution in [2.45, 2.75) is 33.1 Å². The largest absolute Gasteiger partial charge is 0.255 e. The van der Waals surface area contributed by atoms with Gasteiger partial charge in [0.15, 0.2) is 0 Å². The molecule has 0 N–H and O–H groups in total. The number of rotatable bonds is 4. The molecule has 2 aromatic rings. The number of pyridine rings is 2. The van der Waals surface area contributed by atoms with Crippen molar-refractivity contribution >= 4 is 0 Å². The number of hydrogen-bond donors (Lipinski definition) is 0. The van der Waals surface area contributed by atoms with Crippen molar-refractivity contribution in [1.29, 1.82) is 0 Å². The van der Waals surface area contributed by atoms with E-state index in [1.54, 1.807) is 0 Å². The Morgan fingerprint density at radius 1 is 1.00 bits per heavy atom. The Labute approximate surface area is 103 Å². The maximum Gasteiger partial charge on any atom is 0.0888 e. The number of unbranched alkanes of at least 4 members (excludes halogenated alkanes) is 1. The van der Waals surface area contributed by atoms with Crippen molar-refractivity contribution in [2.75, 3.05) is 0 Å². The van der Waals surface area contributed by atoms with E-state index in [9.17, 15) is 0 Å². The molecule has 0 aliphatic rings. The molecule has 0 bridgehead atoms. The first-order valence-corrected chi connectivity index (χ1v) is 6.17. The van der Waals surface area contributed by atoms with Gasteiger partial charge in [0.2, 0.25) is 0 Å².